The first kappa shape index (κ1) is 26.8. The van der Waals surface area contributed by atoms with Crippen molar-refractivity contribution in [3.63, 3.8) is 0 Å². The van der Waals surface area contributed by atoms with Crippen molar-refractivity contribution in [2.75, 3.05) is 55.9 Å². The van der Waals surface area contributed by atoms with Crippen LogP contribution in [0.25, 0.3) is 17.2 Å². The van der Waals surface area contributed by atoms with E-state index in [1.807, 2.05) is 13.0 Å². The van der Waals surface area contributed by atoms with E-state index >= 15 is 0 Å². The number of hydrogen-bond donors (Lipinski definition) is 1. The molecule has 1 aromatic carbocycles. The molecule has 0 bridgehead atoms. The van der Waals surface area contributed by atoms with Gasteiger partial charge in [-0.25, -0.2) is 19.2 Å². The molecule has 0 unspecified atom stereocenters. The monoisotopic (exact) mass is 562 g/mol. The molecule has 2 aliphatic heterocycles. The fraction of sp³-hybridized carbons (Fsp3) is 0.379. The highest BCUT2D eigenvalue weighted by molar-refractivity contribution is 5.95. The van der Waals surface area contributed by atoms with Gasteiger partial charge in [0.05, 0.1) is 37.7 Å². The average molecular weight is 563 g/mol. The van der Waals surface area contributed by atoms with Crippen molar-refractivity contribution in [3.8, 4) is 17.3 Å². The molecule has 0 spiro atoms. The van der Waals surface area contributed by atoms with Gasteiger partial charge in [-0.3, -0.25) is 14.1 Å². The predicted octanol–water partition coefficient (Wildman–Crippen LogP) is 3.79. The van der Waals surface area contributed by atoms with Crippen molar-refractivity contribution in [1.82, 2.24) is 19.4 Å². The van der Waals surface area contributed by atoms with E-state index in [2.05, 4.69) is 14.9 Å². The van der Waals surface area contributed by atoms with Crippen LogP contribution >= 0.6 is 0 Å². The average Bonchev–Trinajstić information content (AvgIpc) is 3.64. The second-order valence-corrected chi connectivity index (χ2v) is 10.00. The van der Waals surface area contributed by atoms with Gasteiger partial charge in [-0.15, -0.1) is 0 Å². The van der Waals surface area contributed by atoms with Gasteiger partial charge in [-0.1, -0.05) is 25.5 Å². The number of cyclic esters (lactones) is 1. The van der Waals surface area contributed by atoms with Crippen molar-refractivity contribution in [2.24, 2.45) is 0 Å². The first-order chi connectivity index (χ1) is 20.0. The van der Waals surface area contributed by atoms with Gasteiger partial charge >= 0.3 is 11.7 Å². The molecule has 1 N–H and O–H groups in total. The Morgan fingerprint density at radius 1 is 1.10 bits per heavy atom. The van der Waals surface area contributed by atoms with Crippen LogP contribution in [-0.2, 0) is 15.9 Å². The van der Waals surface area contributed by atoms with Gasteiger partial charge < -0.3 is 24.1 Å². The van der Waals surface area contributed by atoms with E-state index in [-0.39, 0.29) is 23.9 Å². The highest BCUT2D eigenvalue weighted by Crippen LogP contribution is 2.32. The number of rotatable bonds is 9. The zero-order valence-corrected chi connectivity index (χ0v) is 22.8. The van der Waals surface area contributed by atoms with Gasteiger partial charge in [0, 0.05) is 37.6 Å². The number of halogens is 1. The quantitative estimate of drug-likeness (QED) is 0.307. The molecular weight excluding hydrogens is 531 g/mol. The third kappa shape index (κ3) is 5.47. The summed E-state index contributed by atoms with van der Waals surface area (Å²) in [5.74, 6) is 0.136. The molecule has 6 rings (SSSR count). The zero-order chi connectivity index (χ0) is 28.3. The van der Waals surface area contributed by atoms with Gasteiger partial charge in [0.25, 0.3) is 0 Å². The molecular formula is C29H31FN6O5. The summed E-state index contributed by atoms with van der Waals surface area (Å²) >= 11 is 0. The molecule has 5 heterocycles. The maximum Gasteiger partial charge on any atom is 0.414 e. The number of nitrogens with one attached hydrogen (secondary N) is 1. The fourth-order valence-electron chi connectivity index (χ4n) is 5.00. The molecule has 1 amide bonds. The van der Waals surface area contributed by atoms with E-state index < -0.39 is 11.7 Å². The molecule has 2 aliphatic rings. The van der Waals surface area contributed by atoms with E-state index in [1.165, 1.54) is 21.4 Å². The molecule has 2 saturated heterocycles. The first-order valence-corrected chi connectivity index (χ1v) is 13.8. The minimum absolute atomic E-state index is 0.0766. The third-order valence-corrected chi connectivity index (χ3v) is 7.18. The molecule has 0 atom stereocenters. The Kier molecular flexibility index (Phi) is 7.55. The molecule has 3 aromatic heterocycles. The number of amides is 1. The number of H-pyrrole nitrogens is 1. The molecule has 41 heavy (non-hydrogen) atoms. The summed E-state index contributed by atoms with van der Waals surface area (Å²) in [6.07, 6.45) is 5.04. The standard InChI is InChI=1S/C29H31FN6O5/c1-2-3-11-40-25-24(26-31-17-21(32-26)15-19-4-6-20(30)7-5-19)33-27-23(35-10-14-41-29(35)38)16-22(18-36(27)28(25)37)34-8-12-39-13-9-34/h4-7,16-18H,2-3,8-15H2,1H3,(H,31,32). The predicted molar refractivity (Wildman–Crippen MR) is 150 cm³/mol. The van der Waals surface area contributed by atoms with Crippen molar-refractivity contribution >= 4 is 23.1 Å². The lowest BCUT2D eigenvalue weighted by molar-refractivity contribution is 0.122. The minimum atomic E-state index is -0.496. The summed E-state index contributed by atoms with van der Waals surface area (Å²) in [5.41, 5.74) is 3.04. The first-order valence-electron chi connectivity index (χ1n) is 13.8. The number of morpholine rings is 1. The number of benzene rings is 1. The lowest BCUT2D eigenvalue weighted by Gasteiger charge is -2.30. The Labute approximate surface area is 235 Å². The third-order valence-electron chi connectivity index (χ3n) is 7.18. The summed E-state index contributed by atoms with van der Waals surface area (Å²) in [5, 5.41) is 0. The Morgan fingerprint density at radius 2 is 1.90 bits per heavy atom. The van der Waals surface area contributed by atoms with Crippen molar-refractivity contribution in [1.29, 1.82) is 0 Å². The van der Waals surface area contributed by atoms with Crippen molar-refractivity contribution < 1.29 is 23.4 Å². The van der Waals surface area contributed by atoms with Crippen LogP contribution in [-0.4, -0.2) is 71.5 Å². The number of unbranched alkanes of at least 4 members (excludes halogenated alkanes) is 1. The zero-order valence-electron chi connectivity index (χ0n) is 22.8. The number of hydrogen-bond acceptors (Lipinski definition) is 8. The maximum absolute atomic E-state index is 14.1. The topological polar surface area (TPSA) is 114 Å². The number of carbonyl (C=O) groups excluding carboxylic acids is 1. The molecule has 0 saturated carbocycles. The number of nitrogens with zero attached hydrogens (tertiary/aromatic N) is 5. The molecule has 0 aliphatic carbocycles. The largest absolute Gasteiger partial charge is 0.486 e. The second kappa shape index (κ2) is 11.6. The van der Waals surface area contributed by atoms with Crippen LogP contribution in [0.15, 0.2) is 47.5 Å². The van der Waals surface area contributed by atoms with E-state index in [1.54, 1.807) is 24.5 Å². The smallest absolute Gasteiger partial charge is 0.414 e. The lowest BCUT2D eigenvalue weighted by Crippen LogP contribution is -2.37. The number of aromatic nitrogens is 4. The number of anilines is 2. The van der Waals surface area contributed by atoms with E-state index in [0.717, 1.165) is 29.8 Å². The molecule has 0 radical (unpaired) electrons. The second-order valence-electron chi connectivity index (χ2n) is 10.00. The number of aromatic amines is 1. The number of fused-ring (bicyclic) bond motifs is 1. The van der Waals surface area contributed by atoms with Crippen molar-refractivity contribution in [2.45, 2.75) is 26.2 Å². The van der Waals surface area contributed by atoms with Crippen LogP contribution in [0.1, 0.15) is 31.0 Å². The molecule has 4 aromatic rings. The highest BCUT2D eigenvalue weighted by atomic mass is 19.1. The van der Waals surface area contributed by atoms with Crippen LogP contribution in [0.3, 0.4) is 0 Å². The van der Waals surface area contributed by atoms with Crippen LogP contribution in [0, 0.1) is 5.82 Å². The lowest BCUT2D eigenvalue weighted by atomic mass is 10.1. The Balaban J connectivity index is 1.49. The highest BCUT2D eigenvalue weighted by Gasteiger charge is 2.29. The van der Waals surface area contributed by atoms with E-state index in [0.29, 0.717) is 63.0 Å². The number of ether oxygens (including phenoxy) is 3. The summed E-state index contributed by atoms with van der Waals surface area (Å²) in [4.78, 5) is 43.0. The number of pyridine rings is 1. The van der Waals surface area contributed by atoms with Gasteiger partial charge in [-0.05, 0) is 30.2 Å². The van der Waals surface area contributed by atoms with Crippen molar-refractivity contribution in [3.05, 3.63) is 70.2 Å². The maximum atomic E-state index is 14.1. The number of carbonyl (C=O) groups is 1. The summed E-state index contributed by atoms with van der Waals surface area (Å²) < 4.78 is 31.6. The molecule has 12 heteroatoms. The Morgan fingerprint density at radius 3 is 2.63 bits per heavy atom. The van der Waals surface area contributed by atoms with Gasteiger partial charge in [0.2, 0.25) is 5.75 Å². The number of imidazole rings is 1. The van der Waals surface area contributed by atoms with Gasteiger partial charge in [-0.2, -0.15) is 0 Å². The fourth-order valence-corrected chi connectivity index (χ4v) is 5.00. The van der Waals surface area contributed by atoms with E-state index in [9.17, 15) is 14.0 Å². The van der Waals surface area contributed by atoms with Crippen LogP contribution in [0.5, 0.6) is 5.75 Å². The normalized spacial score (nSPS) is 15.5. The van der Waals surface area contributed by atoms with Crippen LogP contribution in [0.4, 0.5) is 20.6 Å². The van der Waals surface area contributed by atoms with Gasteiger partial charge in [0.15, 0.2) is 17.2 Å². The Bertz CT molecular complexity index is 1610. The van der Waals surface area contributed by atoms with E-state index in [4.69, 9.17) is 19.2 Å². The Hall–Kier alpha value is -4.45. The van der Waals surface area contributed by atoms with Crippen LogP contribution < -0.4 is 20.1 Å². The van der Waals surface area contributed by atoms with Crippen LogP contribution in [0.2, 0.25) is 0 Å². The minimum Gasteiger partial charge on any atom is -0.486 e. The summed E-state index contributed by atoms with van der Waals surface area (Å²) in [7, 11) is 0. The molecule has 11 nitrogen and oxygen atoms in total. The molecule has 2 fully saturated rings. The SMILES string of the molecule is CCCCOc1c(-c2ncc(Cc3ccc(F)cc3)[nH]2)nc2c(N3CCOC3=O)cc(N3CCOCC3)cn2c1=O. The van der Waals surface area contributed by atoms with Gasteiger partial charge in [0.1, 0.15) is 12.4 Å². The summed E-state index contributed by atoms with van der Waals surface area (Å²) in [6.45, 7) is 5.39. The molecule has 214 valence electrons. The summed E-state index contributed by atoms with van der Waals surface area (Å²) in [6, 6.07) is 8.11.